The van der Waals surface area contributed by atoms with Crippen LogP contribution in [0.3, 0.4) is 0 Å². The van der Waals surface area contributed by atoms with Crippen molar-refractivity contribution in [1.82, 2.24) is 10.6 Å². The van der Waals surface area contributed by atoms with Crippen LogP contribution in [0.1, 0.15) is 52.4 Å². The first-order valence-corrected chi connectivity index (χ1v) is 7.64. The highest BCUT2D eigenvalue weighted by molar-refractivity contribution is 5.83. The quantitative estimate of drug-likeness (QED) is 0.723. The van der Waals surface area contributed by atoms with Crippen LogP contribution in [-0.2, 0) is 4.79 Å². The van der Waals surface area contributed by atoms with Gasteiger partial charge in [0, 0.05) is 5.41 Å². The fourth-order valence-corrected chi connectivity index (χ4v) is 3.43. The normalized spacial score (nSPS) is 27.2. The molecule has 2 fully saturated rings. The van der Waals surface area contributed by atoms with Crippen molar-refractivity contribution >= 4 is 5.91 Å². The third kappa shape index (κ3) is 3.11. The first-order chi connectivity index (χ1) is 9.00. The van der Waals surface area contributed by atoms with Crippen molar-refractivity contribution < 1.29 is 9.90 Å². The molecule has 1 amide bonds. The molecule has 1 aliphatic carbocycles. The summed E-state index contributed by atoms with van der Waals surface area (Å²) in [5, 5.41) is 16.2. The highest BCUT2D eigenvalue weighted by Gasteiger charge is 2.42. The van der Waals surface area contributed by atoms with Gasteiger partial charge in [0.2, 0.25) is 5.91 Å². The average molecular weight is 268 g/mol. The minimum atomic E-state index is -0.363. The van der Waals surface area contributed by atoms with Crippen LogP contribution in [0.5, 0.6) is 0 Å². The van der Waals surface area contributed by atoms with E-state index in [2.05, 4.69) is 10.6 Å². The zero-order valence-corrected chi connectivity index (χ0v) is 12.3. The number of carbonyl (C=O) groups excluding carboxylic acids is 1. The number of aliphatic hydroxyl groups is 1. The maximum absolute atomic E-state index is 12.6. The number of amides is 1. The molecule has 1 saturated carbocycles. The zero-order valence-electron chi connectivity index (χ0n) is 12.3. The van der Waals surface area contributed by atoms with Crippen molar-refractivity contribution in [3.63, 3.8) is 0 Å². The van der Waals surface area contributed by atoms with E-state index >= 15 is 0 Å². The third-order valence-corrected chi connectivity index (χ3v) is 5.14. The molecule has 0 spiro atoms. The molecule has 1 saturated heterocycles. The first-order valence-electron chi connectivity index (χ1n) is 7.64. The molecule has 110 valence electrons. The van der Waals surface area contributed by atoms with Gasteiger partial charge in [-0.3, -0.25) is 4.79 Å². The summed E-state index contributed by atoms with van der Waals surface area (Å²) >= 11 is 0. The fourth-order valence-electron chi connectivity index (χ4n) is 3.43. The van der Waals surface area contributed by atoms with E-state index in [9.17, 15) is 9.90 Å². The van der Waals surface area contributed by atoms with Gasteiger partial charge in [-0.25, -0.2) is 0 Å². The summed E-state index contributed by atoms with van der Waals surface area (Å²) in [5.74, 6) is 0.496. The Morgan fingerprint density at radius 3 is 2.58 bits per heavy atom. The van der Waals surface area contributed by atoms with Crippen LogP contribution in [-0.4, -0.2) is 36.2 Å². The molecule has 0 radical (unpaired) electrons. The minimum absolute atomic E-state index is 0.0672. The summed E-state index contributed by atoms with van der Waals surface area (Å²) in [7, 11) is 0. The molecule has 0 aromatic rings. The fraction of sp³-hybridized carbons (Fsp3) is 0.933. The van der Waals surface area contributed by atoms with Gasteiger partial charge in [0.1, 0.15) is 0 Å². The number of rotatable bonds is 4. The molecule has 4 nitrogen and oxygen atoms in total. The number of hydrogen-bond acceptors (Lipinski definition) is 3. The standard InChI is InChI=1S/C15H28N2O2/c1-14(2,12-6-5-9-16-10-12)13(19)17-15(11-18)7-3-4-8-15/h12,16,18H,3-11H2,1-2H3,(H,17,19). The topological polar surface area (TPSA) is 61.4 Å². The van der Waals surface area contributed by atoms with Gasteiger partial charge in [-0.05, 0) is 44.7 Å². The molecule has 2 aliphatic rings. The lowest BCUT2D eigenvalue weighted by Crippen LogP contribution is -2.56. The summed E-state index contributed by atoms with van der Waals surface area (Å²) in [6.07, 6.45) is 6.28. The van der Waals surface area contributed by atoms with Crippen LogP contribution in [0.25, 0.3) is 0 Å². The lowest BCUT2D eigenvalue weighted by molar-refractivity contribution is -0.135. The average Bonchev–Trinajstić information content (AvgIpc) is 2.89. The zero-order chi connectivity index (χ0) is 13.9. The number of piperidine rings is 1. The van der Waals surface area contributed by atoms with Gasteiger partial charge in [-0.2, -0.15) is 0 Å². The van der Waals surface area contributed by atoms with Crippen LogP contribution in [0, 0.1) is 11.3 Å². The van der Waals surface area contributed by atoms with E-state index < -0.39 is 0 Å². The second-order valence-corrected chi connectivity index (χ2v) is 6.86. The molecule has 1 atom stereocenters. The molecule has 2 rings (SSSR count). The number of nitrogens with one attached hydrogen (secondary N) is 2. The number of hydrogen-bond donors (Lipinski definition) is 3. The predicted molar refractivity (Wildman–Crippen MR) is 75.8 cm³/mol. The number of carbonyl (C=O) groups is 1. The van der Waals surface area contributed by atoms with E-state index in [1.165, 1.54) is 0 Å². The Kier molecular flexibility index (Phi) is 4.51. The molecule has 4 heteroatoms. The largest absolute Gasteiger partial charge is 0.394 e. The van der Waals surface area contributed by atoms with E-state index in [1.54, 1.807) is 0 Å². The molecule has 1 aliphatic heterocycles. The highest BCUT2D eigenvalue weighted by atomic mass is 16.3. The second-order valence-electron chi connectivity index (χ2n) is 6.86. The lowest BCUT2D eigenvalue weighted by Gasteiger charge is -2.39. The van der Waals surface area contributed by atoms with Gasteiger partial charge in [-0.15, -0.1) is 0 Å². The van der Waals surface area contributed by atoms with Crippen LogP contribution in [0.2, 0.25) is 0 Å². The van der Waals surface area contributed by atoms with E-state index in [-0.39, 0.29) is 23.5 Å². The molecule has 1 unspecified atom stereocenters. The molecule has 0 aromatic carbocycles. The van der Waals surface area contributed by atoms with Crippen molar-refractivity contribution in [3.05, 3.63) is 0 Å². The molecule has 1 heterocycles. The van der Waals surface area contributed by atoms with Crippen molar-refractivity contribution in [3.8, 4) is 0 Å². The summed E-state index contributed by atoms with van der Waals surface area (Å²) in [6.45, 7) is 6.14. The summed E-state index contributed by atoms with van der Waals surface area (Å²) in [4.78, 5) is 12.6. The Morgan fingerprint density at radius 2 is 2.05 bits per heavy atom. The second kappa shape index (κ2) is 5.80. The maximum Gasteiger partial charge on any atom is 0.226 e. The van der Waals surface area contributed by atoms with E-state index in [1.807, 2.05) is 13.8 Å². The maximum atomic E-state index is 12.6. The molecular formula is C15H28N2O2. The summed E-state index contributed by atoms with van der Waals surface area (Å²) < 4.78 is 0. The Hall–Kier alpha value is -0.610. The lowest BCUT2D eigenvalue weighted by atomic mass is 9.74. The smallest absolute Gasteiger partial charge is 0.226 e. The van der Waals surface area contributed by atoms with Crippen molar-refractivity contribution in [2.75, 3.05) is 19.7 Å². The molecule has 19 heavy (non-hydrogen) atoms. The molecule has 0 aromatic heterocycles. The monoisotopic (exact) mass is 268 g/mol. The van der Waals surface area contributed by atoms with E-state index in [0.29, 0.717) is 5.92 Å². The molecule has 3 N–H and O–H groups in total. The summed E-state index contributed by atoms with van der Waals surface area (Å²) in [6, 6.07) is 0. The SMILES string of the molecule is CC(C)(C(=O)NC1(CO)CCCC1)C1CCCNC1. The Balaban J connectivity index is 2.00. The van der Waals surface area contributed by atoms with Gasteiger partial charge in [0.25, 0.3) is 0 Å². The van der Waals surface area contributed by atoms with Crippen molar-refractivity contribution in [2.24, 2.45) is 11.3 Å². The Labute approximate surface area is 116 Å². The van der Waals surface area contributed by atoms with Crippen LogP contribution < -0.4 is 10.6 Å². The summed E-state index contributed by atoms with van der Waals surface area (Å²) in [5.41, 5.74) is -0.714. The van der Waals surface area contributed by atoms with Gasteiger partial charge in [0.05, 0.1) is 12.1 Å². The highest BCUT2D eigenvalue weighted by Crippen LogP contribution is 2.35. The molecule has 0 bridgehead atoms. The van der Waals surface area contributed by atoms with E-state index in [4.69, 9.17) is 0 Å². The van der Waals surface area contributed by atoms with Crippen LogP contribution in [0.15, 0.2) is 0 Å². The molecular weight excluding hydrogens is 240 g/mol. The van der Waals surface area contributed by atoms with E-state index in [0.717, 1.165) is 51.6 Å². The first kappa shape index (κ1) is 14.8. The van der Waals surface area contributed by atoms with Gasteiger partial charge in [0.15, 0.2) is 0 Å². The van der Waals surface area contributed by atoms with Gasteiger partial charge >= 0.3 is 0 Å². The number of aliphatic hydroxyl groups excluding tert-OH is 1. The van der Waals surface area contributed by atoms with Crippen molar-refractivity contribution in [2.45, 2.75) is 57.9 Å². The third-order valence-electron chi connectivity index (χ3n) is 5.14. The minimum Gasteiger partial charge on any atom is -0.394 e. The van der Waals surface area contributed by atoms with Gasteiger partial charge in [-0.1, -0.05) is 26.7 Å². The van der Waals surface area contributed by atoms with Gasteiger partial charge < -0.3 is 15.7 Å². The predicted octanol–water partition coefficient (Wildman–Crippen LogP) is 1.43. The van der Waals surface area contributed by atoms with Crippen molar-refractivity contribution in [1.29, 1.82) is 0 Å². The van der Waals surface area contributed by atoms with Crippen LogP contribution >= 0.6 is 0 Å². The Morgan fingerprint density at radius 1 is 1.37 bits per heavy atom. The van der Waals surface area contributed by atoms with Crippen LogP contribution in [0.4, 0.5) is 0 Å². The Bertz CT molecular complexity index is 316.